The molecule has 0 aliphatic rings. The number of carbonyl (C=O) groups is 1. The standard InChI is InChI=1S/C13H18ClFN2O2/c1-8(5-9(2)18)7-16-13(19)17-12-4-3-10(15)6-11(12)14/h3-4,6,8-9,18H,5,7H2,1-2H3,(H2,16,17,19). The Labute approximate surface area is 117 Å². The van der Waals surface area contributed by atoms with Gasteiger partial charge in [-0.1, -0.05) is 18.5 Å². The Morgan fingerprint density at radius 3 is 2.74 bits per heavy atom. The number of hydrogen-bond acceptors (Lipinski definition) is 2. The first-order valence-corrected chi connectivity index (χ1v) is 6.44. The number of nitrogens with one attached hydrogen (secondary N) is 2. The van der Waals surface area contributed by atoms with E-state index < -0.39 is 18.0 Å². The Kier molecular flexibility index (Phi) is 6.05. The number of urea groups is 1. The van der Waals surface area contributed by atoms with Gasteiger partial charge in [0.05, 0.1) is 16.8 Å². The van der Waals surface area contributed by atoms with E-state index in [9.17, 15) is 14.3 Å². The van der Waals surface area contributed by atoms with Crippen LogP contribution in [-0.2, 0) is 0 Å². The quantitative estimate of drug-likeness (QED) is 0.780. The van der Waals surface area contributed by atoms with Crippen molar-refractivity contribution in [1.82, 2.24) is 5.32 Å². The van der Waals surface area contributed by atoms with Crippen LogP contribution >= 0.6 is 11.6 Å². The molecular weight excluding hydrogens is 271 g/mol. The molecule has 0 radical (unpaired) electrons. The third-order valence-electron chi connectivity index (χ3n) is 2.53. The second kappa shape index (κ2) is 7.31. The summed E-state index contributed by atoms with van der Waals surface area (Å²) in [5.41, 5.74) is 0.351. The minimum absolute atomic E-state index is 0.146. The van der Waals surface area contributed by atoms with E-state index in [1.54, 1.807) is 6.92 Å². The largest absolute Gasteiger partial charge is 0.393 e. The van der Waals surface area contributed by atoms with Crippen molar-refractivity contribution in [2.75, 3.05) is 11.9 Å². The van der Waals surface area contributed by atoms with Gasteiger partial charge in [0.15, 0.2) is 0 Å². The van der Waals surface area contributed by atoms with Gasteiger partial charge in [-0.25, -0.2) is 9.18 Å². The molecule has 0 aliphatic heterocycles. The van der Waals surface area contributed by atoms with Crippen LogP contribution in [0.5, 0.6) is 0 Å². The lowest BCUT2D eigenvalue weighted by Crippen LogP contribution is -2.33. The summed E-state index contributed by atoms with van der Waals surface area (Å²) in [7, 11) is 0. The van der Waals surface area contributed by atoms with Gasteiger partial charge in [-0.15, -0.1) is 0 Å². The molecule has 0 saturated heterocycles. The molecule has 4 nitrogen and oxygen atoms in total. The third kappa shape index (κ3) is 5.89. The Balaban J connectivity index is 2.43. The number of benzene rings is 1. The smallest absolute Gasteiger partial charge is 0.319 e. The van der Waals surface area contributed by atoms with Crippen LogP contribution in [0.4, 0.5) is 14.9 Å². The van der Waals surface area contributed by atoms with Crippen LogP contribution in [-0.4, -0.2) is 23.8 Å². The van der Waals surface area contributed by atoms with Gasteiger partial charge >= 0.3 is 6.03 Å². The molecule has 2 atom stereocenters. The van der Waals surface area contributed by atoms with Crippen molar-refractivity contribution < 1.29 is 14.3 Å². The molecule has 0 saturated carbocycles. The SMILES string of the molecule is CC(O)CC(C)CNC(=O)Nc1ccc(F)cc1Cl. The average molecular weight is 289 g/mol. The predicted molar refractivity (Wildman–Crippen MR) is 73.9 cm³/mol. The number of hydrogen-bond donors (Lipinski definition) is 3. The van der Waals surface area contributed by atoms with Gasteiger partial charge in [-0.2, -0.15) is 0 Å². The van der Waals surface area contributed by atoms with Crippen LogP contribution in [0.25, 0.3) is 0 Å². The summed E-state index contributed by atoms with van der Waals surface area (Å²) < 4.78 is 12.8. The van der Waals surface area contributed by atoms with E-state index in [0.29, 0.717) is 18.7 Å². The van der Waals surface area contributed by atoms with E-state index in [1.807, 2.05) is 6.92 Å². The summed E-state index contributed by atoms with van der Waals surface area (Å²) in [6.45, 7) is 4.07. The lowest BCUT2D eigenvalue weighted by atomic mass is 10.1. The molecule has 19 heavy (non-hydrogen) atoms. The van der Waals surface area contributed by atoms with E-state index in [0.717, 1.165) is 6.07 Å². The van der Waals surface area contributed by atoms with Gasteiger partial charge in [0.25, 0.3) is 0 Å². The topological polar surface area (TPSA) is 61.4 Å². The fourth-order valence-corrected chi connectivity index (χ4v) is 1.90. The van der Waals surface area contributed by atoms with Gasteiger partial charge in [0.2, 0.25) is 0 Å². The summed E-state index contributed by atoms with van der Waals surface area (Å²) in [6.07, 6.45) is 0.212. The number of aliphatic hydroxyl groups excluding tert-OH is 1. The Morgan fingerprint density at radius 1 is 1.47 bits per heavy atom. The Morgan fingerprint density at radius 2 is 2.16 bits per heavy atom. The molecule has 0 bridgehead atoms. The molecule has 0 heterocycles. The van der Waals surface area contributed by atoms with Crippen LogP contribution in [0.3, 0.4) is 0 Å². The molecule has 1 aromatic rings. The summed E-state index contributed by atoms with van der Waals surface area (Å²) in [6, 6.07) is 3.34. The molecule has 0 aromatic heterocycles. The van der Waals surface area contributed by atoms with Gasteiger partial charge < -0.3 is 15.7 Å². The number of halogens is 2. The molecule has 6 heteroatoms. The van der Waals surface area contributed by atoms with Gasteiger partial charge in [-0.3, -0.25) is 0 Å². The first-order chi connectivity index (χ1) is 8.88. The lowest BCUT2D eigenvalue weighted by molar-refractivity contribution is 0.163. The number of amides is 2. The van der Waals surface area contributed by atoms with Crippen LogP contribution in [0.1, 0.15) is 20.3 Å². The molecule has 3 N–H and O–H groups in total. The summed E-state index contributed by atoms with van der Waals surface area (Å²) in [5, 5.41) is 14.5. The molecule has 2 unspecified atom stereocenters. The van der Waals surface area contributed by atoms with Gasteiger partial charge in [0.1, 0.15) is 5.82 Å². The lowest BCUT2D eigenvalue weighted by Gasteiger charge is -2.15. The molecule has 0 aliphatic carbocycles. The molecule has 106 valence electrons. The van der Waals surface area contributed by atoms with E-state index in [4.69, 9.17) is 11.6 Å². The zero-order valence-electron chi connectivity index (χ0n) is 10.9. The highest BCUT2D eigenvalue weighted by atomic mass is 35.5. The number of carbonyl (C=O) groups excluding carboxylic acids is 1. The van der Waals surface area contributed by atoms with Crippen molar-refractivity contribution in [3.05, 3.63) is 29.0 Å². The van der Waals surface area contributed by atoms with Crippen molar-refractivity contribution in [3.63, 3.8) is 0 Å². The zero-order valence-corrected chi connectivity index (χ0v) is 11.7. The van der Waals surface area contributed by atoms with Crippen LogP contribution in [0.2, 0.25) is 5.02 Å². The first-order valence-electron chi connectivity index (χ1n) is 6.06. The Hall–Kier alpha value is -1.33. The highest BCUT2D eigenvalue weighted by molar-refractivity contribution is 6.33. The normalized spacial score (nSPS) is 13.7. The van der Waals surface area contributed by atoms with E-state index in [-0.39, 0.29) is 10.9 Å². The van der Waals surface area contributed by atoms with Crippen LogP contribution in [0, 0.1) is 11.7 Å². The molecule has 0 fully saturated rings. The zero-order chi connectivity index (χ0) is 14.4. The maximum atomic E-state index is 12.8. The van der Waals surface area contributed by atoms with Gasteiger partial charge in [-0.05, 0) is 37.5 Å². The molecule has 1 rings (SSSR count). The fourth-order valence-electron chi connectivity index (χ4n) is 1.69. The number of aliphatic hydroxyl groups is 1. The Bertz CT molecular complexity index is 441. The van der Waals surface area contributed by atoms with E-state index in [1.165, 1.54) is 12.1 Å². The highest BCUT2D eigenvalue weighted by Gasteiger charge is 2.09. The van der Waals surface area contributed by atoms with Crippen LogP contribution < -0.4 is 10.6 Å². The highest BCUT2D eigenvalue weighted by Crippen LogP contribution is 2.22. The third-order valence-corrected chi connectivity index (χ3v) is 2.85. The molecule has 0 spiro atoms. The molecule has 1 aromatic carbocycles. The van der Waals surface area contributed by atoms with Crippen molar-refractivity contribution in [2.24, 2.45) is 5.92 Å². The predicted octanol–water partition coefficient (Wildman–Crippen LogP) is 3.01. The summed E-state index contributed by atoms with van der Waals surface area (Å²) >= 11 is 5.79. The monoisotopic (exact) mass is 288 g/mol. The van der Waals surface area contributed by atoms with E-state index >= 15 is 0 Å². The molecular formula is C13H18ClFN2O2. The average Bonchev–Trinajstić information content (AvgIpc) is 2.29. The van der Waals surface area contributed by atoms with Crippen molar-refractivity contribution in [3.8, 4) is 0 Å². The van der Waals surface area contributed by atoms with E-state index in [2.05, 4.69) is 10.6 Å². The summed E-state index contributed by atoms with van der Waals surface area (Å²) in [5.74, 6) is -0.295. The number of rotatable bonds is 5. The van der Waals surface area contributed by atoms with Crippen molar-refractivity contribution >= 4 is 23.3 Å². The second-order valence-electron chi connectivity index (χ2n) is 4.65. The van der Waals surface area contributed by atoms with Gasteiger partial charge in [0, 0.05) is 6.54 Å². The first kappa shape index (κ1) is 15.7. The molecule has 2 amide bonds. The maximum absolute atomic E-state index is 12.8. The number of anilines is 1. The maximum Gasteiger partial charge on any atom is 0.319 e. The van der Waals surface area contributed by atoms with Crippen molar-refractivity contribution in [1.29, 1.82) is 0 Å². The van der Waals surface area contributed by atoms with Crippen LogP contribution in [0.15, 0.2) is 18.2 Å². The fraction of sp³-hybridized carbons (Fsp3) is 0.462. The minimum atomic E-state index is -0.457. The second-order valence-corrected chi connectivity index (χ2v) is 5.06. The summed E-state index contributed by atoms with van der Waals surface area (Å²) in [4.78, 5) is 11.6. The van der Waals surface area contributed by atoms with Crippen molar-refractivity contribution in [2.45, 2.75) is 26.4 Å². The minimum Gasteiger partial charge on any atom is -0.393 e.